The summed E-state index contributed by atoms with van der Waals surface area (Å²) in [5, 5.41) is 14.0. The van der Waals surface area contributed by atoms with Gasteiger partial charge in [-0.15, -0.1) is 0 Å². The topological polar surface area (TPSA) is 105 Å². The van der Waals surface area contributed by atoms with Crippen molar-refractivity contribution in [2.24, 2.45) is 0 Å². The number of carbonyl (C=O) groups is 1. The third-order valence-electron chi connectivity index (χ3n) is 15.7. The van der Waals surface area contributed by atoms with E-state index < -0.39 is 20.0 Å². The Labute approximate surface area is 504 Å². The molecule has 0 fully saturated rings. The van der Waals surface area contributed by atoms with E-state index in [1.54, 1.807) is 6.08 Å². The van der Waals surface area contributed by atoms with Gasteiger partial charge in [-0.25, -0.2) is 4.57 Å². The third kappa shape index (κ3) is 65.3. The van der Waals surface area contributed by atoms with Crippen molar-refractivity contribution in [3.63, 3.8) is 0 Å². The maximum Gasteiger partial charge on any atom is 0.472 e. The zero-order chi connectivity index (χ0) is 59.1. The minimum absolute atomic E-state index is 0.0560. The summed E-state index contributed by atoms with van der Waals surface area (Å²) < 4.78 is 23.8. The number of amides is 1. The molecular weight excluding hydrogens is 1020 g/mol. The van der Waals surface area contributed by atoms with Gasteiger partial charge in [0.2, 0.25) is 5.91 Å². The van der Waals surface area contributed by atoms with E-state index in [9.17, 15) is 19.4 Å². The number of carbonyl (C=O) groups excluding carboxylic acids is 1. The summed E-state index contributed by atoms with van der Waals surface area (Å²) >= 11 is 0. The van der Waals surface area contributed by atoms with Crippen LogP contribution in [0.1, 0.15) is 328 Å². The molecule has 474 valence electrons. The molecule has 3 unspecified atom stereocenters. The zero-order valence-corrected chi connectivity index (χ0v) is 55.2. The van der Waals surface area contributed by atoms with Crippen molar-refractivity contribution >= 4 is 13.7 Å². The standard InChI is InChI=1S/C72H135N2O6P/c1-6-8-10-12-14-16-18-20-22-24-26-28-30-32-34-35-36-37-38-39-40-42-44-46-48-50-52-54-56-58-60-62-64-66-72(76)73-70(69-80-81(77,78)79-68-67-74(3,4)5)71(75)65-63-61-59-57-55-53-51-49-47-45-43-41-33-31-29-27-25-23-21-19-17-15-13-11-9-7-2/h8,10,14,16,20,22,26,28,55,57,63,65,70-71,75H,6-7,9,11-13,15,17-19,21,23-25,27,29-54,56,58-62,64,66-69H2,1-5H3,(H-,73,76,77,78)/p+1/b10-8-,16-14-,22-20-,28-26-,57-55+,65-63+. The Morgan fingerprint density at radius 1 is 0.432 bits per heavy atom. The number of aliphatic hydroxyl groups excluding tert-OH is 1. The molecule has 0 aliphatic carbocycles. The highest BCUT2D eigenvalue weighted by atomic mass is 31.2. The molecule has 0 rings (SSSR count). The molecule has 0 aromatic carbocycles. The van der Waals surface area contributed by atoms with Crippen molar-refractivity contribution in [1.82, 2.24) is 5.32 Å². The Morgan fingerprint density at radius 3 is 1.14 bits per heavy atom. The van der Waals surface area contributed by atoms with Crippen LogP contribution in [0, 0.1) is 0 Å². The number of allylic oxidation sites excluding steroid dienone is 11. The van der Waals surface area contributed by atoms with Crippen LogP contribution in [-0.4, -0.2) is 73.4 Å². The fourth-order valence-corrected chi connectivity index (χ4v) is 11.0. The van der Waals surface area contributed by atoms with Crippen molar-refractivity contribution in [3.05, 3.63) is 72.9 Å². The van der Waals surface area contributed by atoms with Crippen molar-refractivity contribution < 1.29 is 32.9 Å². The monoisotopic (exact) mass is 1160 g/mol. The van der Waals surface area contributed by atoms with Crippen LogP contribution in [0.3, 0.4) is 0 Å². The molecule has 0 aromatic rings. The number of quaternary nitrogens is 1. The molecule has 0 saturated carbocycles. The molecule has 0 aliphatic rings. The molecule has 3 atom stereocenters. The molecular formula is C72H136N2O6P+. The van der Waals surface area contributed by atoms with Crippen LogP contribution in [0.2, 0.25) is 0 Å². The Balaban J connectivity index is 4.07. The lowest BCUT2D eigenvalue weighted by atomic mass is 10.0. The first-order chi connectivity index (χ1) is 39.5. The predicted octanol–water partition coefficient (Wildman–Crippen LogP) is 22.2. The molecule has 3 N–H and O–H groups in total. The van der Waals surface area contributed by atoms with Crippen molar-refractivity contribution in [2.75, 3.05) is 40.9 Å². The summed E-state index contributed by atoms with van der Waals surface area (Å²) in [4.78, 5) is 23.4. The first-order valence-electron chi connectivity index (χ1n) is 34.8. The van der Waals surface area contributed by atoms with Crippen molar-refractivity contribution in [1.29, 1.82) is 0 Å². The van der Waals surface area contributed by atoms with Gasteiger partial charge in [-0.2, -0.15) is 0 Å². The van der Waals surface area contributed by atoms with Crippen molar-refractivity contribution in [2.45, 2.75) is 341 Å². The van der Waals surface area contributed by atoms with E-state index in [2.05, 4.69) is 79.9 Å². The van der Waals surface area contributed by atoms with Gasteiger partial charge in [-0.1, -0.05) is 324 Å². The molecule has 9 heteroatoms. The fourth-order valence-electron chi connectivity index (χ4n) is 10.3. The summed E-state index contributed by atoms with van der Waals surface area (Å²) in [6.45, 7) is 4.73. The smallest absolute Gasteiger partial charge is 0.387 e. The lowest BCUT2D eigenvalue weighted by Gasteiger charge is -2.25. The highest BCUT2D eigenvalue weighted by Gasteiger charge is 2.28. The number of unbranched alkanes of at least 4 members (excludes halogenated alkanes) is 41. The Bertz CT molecular complexity index is 1550. The van der Waals surface area contributed by atoms with Crippen LogP contribution in [-0.2, 0) is 18.4 Å². The average Bonchev–Trinajstić information content (AvgIpc) is 3.43. The highest BCUT2D eigenvalue weighted by molar-refractivity contribution is 7.47. The number of nitrogens with one attached hydrogen (secondary N) is 1. The summed E-state index contributed by atoms with van der Waals surface area (Å²) in [7, 11) is 1.56. The Kier molecular flexibility index (Phi) is 60.9. The number of hydrogen-bond donors (Lipinski definition) is 3. The minimum Gasteiger partial charge on any atom is -0.387 e. The Morgan fingerprint density at radius 2 is 0.753 bits per heavy atom. The second kappa shape index (κ2) is 62.5. The van der Waals surface area contributed by atoms with Crippen molar-refractivity contribution in [3.8, 4) is 0 Å². The minimum atomic E-state index is -4.36. The summed E-state index contributed by atoms with van der Waals surface area (Å²) in [5.41, 5.74) is 0. The fraction of sp³-hybridized carbons (Fsp3) is 0.819. The molecule has 0 saturated heterocycles. The number of phosphoric ester groups is 1. The quantitative estimate of drug-likeness (QED) is 0.0243. The van der Waals surface area contributed by atoms with Crippen LogP contribution < -0.4 is 5.32 Å². The van der Waals surface area contributed by atoms with Crippen LogP contribution >= 0.6 is 7.82 Å². The van der Waals surface area contributed by atoms with Gasteiger partial charge >= 0.3 is 7.82 Å². The summed E-state index contributed by atoms with van der Waals surface area (Å²) in [5.74, 6) is -0.182. The SMILES string of the molecule is CC/C=C\C/C=C\C/C=C\C/C=C\CCCCCCCCCCCCCCCCCCCCCCC(=O)NC(COP(=O)(O)OCC[N+](C)(C)C)C(O)/C=C/CC/C=C/CCCCCCCCCCCCCCCCCCCCCC. The predicted molar refractivity (Wildman–Crippen MR) is 355 cm³/mol. The normalized spacial score (nSPS) is 14.1. The van der Waals surface area contributed by atoms with Gasteiger partial charge < -0.3 is 19.8 Å². The van der Waals surface area contributed by atoms with Gasteiger partial charge in [0, 0.05) is 6.42 Å². The largest absolute Gasteiger partial charge is 0.472 e. The Hall–Kier alpha value is -2.06. The molecule has 0 bridgehead atoms. The van der Waals surface area contributed by atoms with Crippen LogP contribution in [0.25, 0.3) is 0 Å². The molecule has 0 spiro atoms. The maximum absolute atomic E-state index is 13.0. The number of likely N-dealkylation sites (N-methyl/N-ethyl adjacent to an activating group) is 1. The first-order valence-corrected chi connectivity index (χ1v) is 36.3. The van der Waals surface area contributed by atoms with Gasteiger partial charge in [-0.3, -0.25) is 13.8 Å². The van der Waals surface area contributed by atoms with E-state index in [-0.39, 0.29) is 19.1 Å². The number of hydrogen-bond acceptors (Lipinski definition) is 5. The molecule has 0 aliphatic heterocycles. The maximum atomic E-state index is 13.0. The van der Waals surface area contributed by atoms with Crippen LogP contribution in [0.4, 0.5) is 0 Å². The summed E-state index contributed by atoms with van der Waals surface area (Å²) in [6, 6.07) is -0.866. The van der Waals surface area contributed by atoms with Gasteiger partial charge in [0.25, 0.3) is 0 Å². The lowest BCUT2D eigenvalue weighted by Crippen LogP contribution is -2.45. The number of aliphatic hydroxyl groups is 1. The van der Waals surface area contributed by atoms with Crippen LogP contribution in [0.5, 0.6) is 0 Å². The van der Waals surface area contributed by atoms with Crippen LogP contribution in [0.15, 0.2) is 72.9 Å². The van der Waals surface area contributed by atoms with Gasteiger partial charge in [0.1, 0.15) is 13.2 Å². The lowest BCUT2D eigenvalue weighted by molar-refractivity contribution is -0.870. The van der Waals surface area contributed by atoms with E-state index in [0.29, 0.717) is 17.4 Å². The molecule has 8 nitrogen and oxygen atoms in total. The number of phosphoric acid groups is 1. The van der Waals surface area contributed by atoms with E-state index in [1.165, 1.54) is 244 Å². The first kappa shape index (κ1) is 78.9. The average molecular weight is 1160 g/mol. The molecule has 0 heterocycles. The highest BCUT2D eigenvalue weighted by Crippen LogP contribution is 2.43. The third-order valence-corrected chi connectivity index (χ3v) is 16.6. The zero-order valence-electron chi connectivity index (χ0n) is 54.3. The van der Waals surface area contributed by atoms with Gasteiger partial charge in [-0.05, 0) is 70.6 Å². The molecule has 0 radical (unpaired) electrons. The van der Waals surface area contributed by atoms with Gasteiger partial charge in [0.15, 0.2) is 0 Å². The van der Waals surface area contributed by atoms with E-state index in [4.69, 9.17) is 9.05 Å². The number of nitrogens with zero attached hydrogens (tertiary/aromatic N) is 1. The van der Waals surface area contributed by atoms with E-state index in [0.717, 1.165) is 64.2 Å². The summed E-state index contributed by atoms with van der Waals surface area (Å²) in [6.07, 6.45) is 87.7. The second-order valence-corrected chi connectivity index (χ2v) is 26.3. The van der Waals surface area contributed by atoms with Gasteiger partial charge in [0.05, 0.1) is 39.9 Å². The van der Waals surface area contributed by atoms with E-state index in [1.807, 2.05) is 27.2 Å². The molecule has 1 amide bonds. The molecule has 81 heavy (non-hydrogen) atoms. The molecule has 0 aromatic heterocycles. The second-order valence-electron chi connectivity index (χ2n) is 24.9. The van der Waals surface area contributed by atoms with E-state index >= 15 is 0 Å². The number of rotatable bonds is 64.